The first-order valence-corrected chi connectivity index (χ1v) is 8.60. The van der Waals surface area contributed by atoms with Gasteiger partial charge in [-0.1, -0.05) is 63.2 Å². The average Bonchev–Trinajstić information content (AvgIpc) is 2.64. The molecule has 0 aliphatic rings. The fourth-order valence-corrected chi connectivity index (χ4v) is 2.78. The van der Waals surface area contributed by atoms with E-state index in [0.717, 1.165) is 16.0 Å². The van der Waals surface area contributed by atoms with Gasteiger partial charge >= 0.3 is 12.1 Å². The molecular formula is C21H25NO5. The molecule has 2 aromatic carbocycles. The van der Waals surface area contributed by atoms with E-state index >= 15 is 0 Å². The van der Waals surface area contributed by atoms with Crippen LogP contribution in [-0.4, -0.2) is 41.5 Å². The molecule has 0 bridgehead atoms. The highest BCUT2D eigenvalue weighted by atomic mass is 16.5. The molecule has 2 rings (SSSR count). The molecule has 6 nitrogen and oxygen atoms in total. The zero-order chi connectivity index (χ0) is 20.2. The zero-order valence-electron chi connectivity index (χ0n) is 15.9. The van der Waals surface area contributed by atoms with Gasteiger partial charge < -0.3 is 14.9 Å². The predicted molar refractivity (Wildman–Crippen MR) is 104 cm³/mol. The molecule has 6 heteroatoms. The van der Waals surface area contributed by atoms with Crippen molar-refractivity contribution in [1.29, 1.82) is 0 Å². The van der Waals surface area contributed by atoms with Crippen molar-refractivity contribution in [3.63, 3.8) is 0 Å². The number of rotatable bonds is 5. The van der Waals surface area contributed by atoms with Gasteiger partial charge in [-0.25, -0.2) is 9.59 Å². The summed E-state index contributed by atoms with van der Waals surface area (Å²) in [6.07, 6.45) is -2.15. The first-order valence-electron chi connectivity index (χ1n) is 8.60. The Morgan fingerprint density at radius 2 is 1.48 bits per heavy atom. The van der Waals surface area contributed by atoms with Crippen LogP contribution in [0.15, 0.2) is 54.6 Å². The SMILES string of the molecule is COC(=O)N(c1ccc(-c2ccccc2)cc1)[C@@H](C(=O)O)[C@@H](O)C(C)(C)C. The summed E-state index contributed by atoms with van der Waals surface area (Å²) in [5.41, 5.74) is 1.50. The number of carboxylic acid groups (broad SMARTS) is 1. The highest BCUT2D eigenvalue weighted by Gasteiger charge is 2.42. The Bertz CT molecular complexity index is 780. The van der Waals surface area contributed by atoms with Crippen LogP contribution in [0.1, 0.15) is 20.8 Å². The number of benzene rings is 2. The number of hydrogen-bond donors (Lipinski definition) is 2. The number of nitrogens with zero attached hydrogens (tertiary/aromatic N) is 1. The number of carbonyl (C=O) groups excluding carboxylic acids is 1. The number of aliphatic hydroxyl groups excluding tert-OH is 1. The Kier molecular flexibility index (Phi) is 6.23. The molecule has 0 unspecified atom stereocenters. The van der Waals surface area contributed by atoms with Gasteiger partial charge in [0.25, 0.3) is 0 Å². The molecule has 0 spiro atoms. The van der Waals surface area contributed by atoms with Gasteiger partial charge in [-0.3, -0.25) is 4.90 Å². The third-order valence-corrected chi connectivity index (χ3v) is 4.34. The van der Waals surface area contributed by atoms with E-state index in [4.69, 9.17) is 4.74 Å². The number of amides is 1. The van der Waals surface area contributed by atoms with Crippen LogP contribution in [0.4, 0.5) is 10.5 Å². The molecule has 1 amide bonds. The fraction of sp³-hybridized carbons (Fsp3) is 0.333. The number of ether oxygens (including phenoxy) is 1. The molecule has 0 radical (unpaired) electrons. The molecule has 0 aliphatic heterocycles. The van der Waals surface area contributed by atoms with E-state index in [9.17, 15) is 19.8 Å². The second-order valence-corrected chi connectivity index (χ2v) is 7.35. The summed E-state index contributed by atoms with van der Waals surface area (Å²) in [6, 6.07) is 15.1. The van der Waals surface area contributed by atoms with Gasteiger partial charge in [-0.2, -0.15) is 0 Å². The second-order valence-electron chi connectivity index (χ2n) is 7.35. The minimum atomic E-state index is -1.49. The molecule has 144 valence electrons. The summed E-state index contributed by atoms with van der Waals surface area (Å²) in [7, 11) is 1.18. The lowest BCUT2D eigenvalue weighted by atomic mass is 9.84. The monoisotopic (exact) mass is 371 g/mol. The van der Waals surface area contributed by atoms with Crippen molar-refractivity contribution in [3.05, 3.63) is 54.6 Å². The third-order valence-electron chi connectivity index (χ3n) is 4.34. The van der Waals surface area contributed by atoms with Crippen LogP contribution >= 0.6 is 0 Å². The van der Waals surface area contributed by atoms with Crippen molar-refractivity contribution in [1.82, 2.24) is 0 Å². The first-order chi connectivity index (χ1) is 12.7. The molecule has 0 saturated heterocycles. The molecule has 0 saturated carbocycles. The molecule has 2 atom stereocenters. The summed E-state index contributed by atoms with van der Waals surface area (Å²) >= 11 is 0. The van der Waals surface area contributed by atoms with Crippen molar-refractivity contribution in [2.24, 2.45) is 5.41 Å². The highest BCUT2D eigenvalue weighted by Crippen LogP contribution is 2.30. The highest BCUT2D eigenvalue weighted by molar-refractivity contribution is 5.95. The summed E-state index contributed by atoms with van der Waals surface area (Å²) in [6.45, 7) is 5.13. The number of methoxy groups -OCH3 is 1. The molecule has 0 aliphatic carbocycles. The van der Waals surface area contributed by atoms with Crippen molar-refractivity contribution >= 4 is 17.7 Å². The van der Waals surface area contributed by atoms with E-state index in [0.29, 0.717) is 5.69 Å². The third kappa shape index (κ3) is 4.65. The van der Waals surface area contributed by atoms with Gasteiger partial charge in [0, 0.05) is 5.69 Å². The minimum absolute atomic E-state index is 0.331. The molecule has 27 heavy (non-hydrogen) atoms. The number of carbonyl (C=O) groups is 2. The topological polar surface area (TPSA) is 87.1 Å². The van der Waals surface area contributed by atoms with Crippen LogP contribution in [-0.2, 0) is 9.53 Å². The molecular weight excluding hydrogens is 346 g/mol. The average molecular weight is 371 g/mol. The zero-order valence-corrected chi connectivity index (χ0v) is 15.9. The largest absolute Gasteiger partial charge is 0.480 e. The maximum atomic E-state index is 12.4. The van der Waals surface area contributed by atoms with Crippen molar-refractivity contribution in [2.75, 3.05) is 12.0 Å². The summed E-state index contributed by atoms with van der Waals surface area (Å²) in [4.78, 5) is 25.3. The van der Waals surface area contributed by atoms with E-state index in [2.05, 4.69) is 0 Å². The van der Waals surface area contributed by atoms with Gasteiger partial charge in [0.05, 0.1) is 13.2 Å². The van der Waals surface area contributed by atoms with Gasteiger partial charge in [0.2, 0.25) is 0 Å². The number of carboxylic acids is 1. The first kappa shape index (κ1) is 20.5. The van der Waals surface area contributed by atoms with Gasteiger partial charge in [0.1, 0.15) is 0 Å². The maximum Gasteiger partial charge on any atom is 0.414 e. The summed E-state index contributed by atoms with van der Waals surface area (Å²) < 4.78 is 4.79. The summed E-state index contributed by atoms with van der Waals surface area (Å²) in [5, 5.41) is 20.3. The normalized spacial score (nSPS) is 13.5. The predicted octanol–water partition coefficient (Wildman–Crippen LogP) is 3.79. The standard InChI is InChI=1S/C21H25NO5/c1-21(2,3)18(23)17(19(24)25)22(20(26)27-4)16-12-10-15(11-13-16)14-8-6-5-7-9-14/h5-13,17-18,23H,1-4H3,(H,24,25)/t17-,18-/m1/s1. The second kappa shape index (κ2) is 8.22. The number of hydrogen-bond acceptors (Lipinski definition) is 4. The lowest BCUT2D eigenvalue weighted by Gasteiger charge is -2.36. The Hall–Kier alpha value is -2.86. The Labute approximate surface area is 159 Å². The fourth-order valence-electron chi connectivity index (χ4n) is 2.78. The Balaban J connectivity index is 2.46. The van der Waals surface area contributed by atoms with E-state index in [1.165, 1.54) is 7.11 Å². The van der Waals surface area contributed by atoms with Crippen LogP contribution in [0, 0.1) is 5.41 Å². The van der Waals surface area contributed by atoms with Crippen molar-refractivity contribution in [2.45, 2.75) is 32.9 Å². The Morgan fingerprint density at radius 3 is 1.93 bits per heavy atom. The van der Waals surface area contributed by atoms with E-state index in [1.54, 1.807) is 45.0 Å². The van der Waals surface area contributed by atoms with E-state index < -0.39 is 29.6 Å². The summed E-state index contributed by atoms with van der Waals surface area (Å²) in [5.74, 6) is -1.31. The van der Waals surface area contributed by atoms with Gasteiger partial charge in [-0.05, 0) is 28.7 Å². The quantitative estimate of drug-likeness (QED) is 0.835. The van der Waals surface area contributed by atoms with Gasteiger partial charge in [0.15, 0.2) is 6.04 Å². The molecule has 2 N–H and O–H groups in total. The van der Waals surface area contributed by atoms with E-state index in [1.807, 2.05) is 30.3 Å². The Morgan fingerprint density at radius 1 is 0.963 bits per heavy atom. The lowest BCUT2D eigenvalue weighted by Crippen LogP contribution is -2.56. The minimum Gasteiger partial charge on any atom is -0.480 e. The smallest absolute Gasteiger partial charge is 0.414 e. The molecule has 0 fully saturated rings. The lowest BCUT2D eigenvalue weighted by molar-refractivity contribution is -0.143. The maximum absolute atomic E-state index is 12.4. The van der Waals surface area contributed by atoms with Crippen LogP contribution in [0.2, 0.25) is 0 Å². The molecule has 0 aromatic heterocycles. The number of aliphatic hydroxyl groups is 1. The van der Waals surface area contributed by atoms with Crippen LogP contribution in [0.3, 0.4) is 0 Å². The van der Waals surface area contributed by atoms with Crippen molar-refractivity contribution < 1.29 is 24.5 Å². The van der Waals surface area contributed by atoms with Crippen molar-refractivity contribution in [3.8, 4) is 11.1 Å². The number of aliphatic carboxylic acids is 1. The van der Waals surface area contributed by atoms with Gasteiger partial charge in [-0.15, -0.1) is 0 Å². The van der Waals surface area contributed by atoms with Crippen LogP contribution in [0.25, 0.3) is 11.1 Å². The molecule has 0 heterocycles. The van der Waals surface area contributed by atoms with Crippen LogP contribution in [0.5, 0.6) is 0 Å². The molecule has 2 aromatic rings. The van der Waals surface area contributed by atoms with Crippen LogP contribution < -0.4 is 4.90 Å². The number of anilines is 1. The van der Waals surface area contributed by atoms with E-state index in [-0.39, 0.29) is 0 Å².